The van der Waals surface area contributed by atoms with Crippen molar-refractivity contribution < 1.29 is 0 Å². The molecule has 0 aliphatic heterocycles. The fourth-order valence-corrected chi connectivity index (χ4v) is 1.96. The average Bonchev–Trinajstić information content (AvgIpc) is 2.17. The summed E-state index contributed by atoms with van der Waals surface area (Å²) in [4.78, 5) is 4.52. The van der Waals surface area contributed by atoms with Crippen molar-refractivity contribution in [2.75, 3.05) is 0 Å². The van der Waals surface area contributed by atoms with Gasteiger partial charge in [0.1, 0.15) is 0 Å². The highest BCUT2D eigenvalue weighted by molar-refractivity contribution is 9.08. The number of nitrogens with zero attached hydrogens (tertiary/aromatic N) is 1. The van der Waals surface area contributed by atoms with Gasteiger partial charge in [0.25, 0.3) is 0 Å². The van der Waals surface area contributed by atoms with Gasteiger partial charge in [0.15, 0.2) is 0 Å². The summed E-state index contributed by atoms with van der Waals surface area (Å²) in [5, 5.41) is 2.08. The van der Waals surface area contributed by atoms with Gasteiger partial charge in [0.05, 0.1) is 5.52 Å². The Hall–Kier alpha value is -0.890. The Bertz CT molecular complexity index is 437. The predicted octanol–water partition coefficient (Wildman–Crippen LogP) is 3.44. The van der Waals surface area contributed by atoms with Gasteiger partial charge in [-0.15, -0.1) is 0 Å². The highest BCUT2D eigenvalue weighted by Gasteiger charge is 2.00. The van der Waals surface area contributed by atoms with Gasteiger partial charge in [0.2, 0.25) is 0 Å². The number of halogens is 1. The summed E-state index contributed by atoms with van der Waals surface area (Å²) in [6.07, 6.45) is 0. The van der Waals surface area contributed by atoms with Crippen molar-refractivity contribution in [3.63, 3.8) is 0 Å². The molecule has 0 bridgehead atoms. The number of alkyl halides is 1. The monoisotopic (exact) mass is 235 g/mol. The fourth-order valence-electron chi connectivity index (χ4n) is 1.39. The molecule has 1 aromatic heterocycles. The summed E-state index contributed by atoms with van der Waals surface area (Å²) in [6.45, 7) is 2.04. The second kappa shape index (κ2) is 3.46. The summed E-state index contributed by atoms with van der Waals surface area (Å²) in [6, 6.07) is 10.4. The largest absolute Gasteiger partial charge is 0.253 e. The number of pyridine rings is 1. The molecule has 1 nitrogen and oxygen atoms in total. The van der Waals surface area contributed by atoms with E-state index in [1.807, 2.05) is 25.1 Å². The third kappa shape index (κ3) is 1.59. The number of para-hydroxylation sites is 1. The summed E-state index contributed by atoms with van der Waals surface area (Å²) in [5.74, 6) is 0. The molecule has 0 aliphatic rings. The Morgan fingerprint density at radius 3 is 2.85 bits per heavy atom. The predicted molar refractivity (Wildman–Crippen MR) is 59.1 cm³/mol. The van der Waals surface area contributed by atoms with Gasteiger partial charge in [-0.2, -0.15) is 0 Å². The molecule has 0 fully saturated rings. The molecule has 2 rings (SSSR count). The van der Waals surface area contributed by atoms with Crippen LogP contribution in [0, 0.1) is 6.92 Å². The molecule has 2 aromatic rings. The lowest BCUT2D eigenvalue weighted by atomic mass is 10.1. The Labute approximate surface area is 85.9 Å². The average molecular weight is 236 g/mol. The Kier molecular flexibility index (Phi) is 2.32. The summed E-state index contributed by atoms with van der Waals surface area (Å²) in [7, 11) is 0. The first-order valence-electron chi connectivity index (χ1n) is 4.22. The van der Waals surface area contributed by atoms with Crippen LogP contribution in [0.5, 0.6) is 0 Å². The molecule has 0 spiro atoms. The quantitative estimate of drug-likeness (QED) is 0.691. The highest BCUT2D eigenvalue weighted by Crippen LogP contribution is 2.17. The Morgan fingerprint density at radius 2 is 2.08 bits per heavy atom. The van der Waals surface area contributed by atoms with Crippen LogP contribution in [0.15, 0.2) is 30.3 Å². The minimum Gasteiger partial charge on any atom is -0.253 e. The normalized spacial score (nSPS) is 10.6. The van der Waals surface area contributed by atoms with Crippen LogP contribution in [0.25, 0.3) is 10.9 Å². The summed E-state index contributed by atoms with van der Waals surface area (Å²) in [5.41, 5.74) is 3.44. The molecular formula is C11H10BrN. The van der Waals surface area contributed by atoms with E-state index in [1.165, 1.54) is 10.9 Å². The molecule has 1 heterocycles. The lowest BCUT2D eigenvalue weighted by Crippen LogP contribution is -1.90. The van der Waals surface area contributed by atoms with E-state index in [0.29, 0.717) is 0 Å². The van der Waals surface area contributed by atoms with Crippen molar-refractivity contribution in [2.45, 2.75) is 12.3 Å². The molecule has 0 amide bonds. The zero-order valence-electron chi connectivity index (χ0n) is 7.42. The third-order valence-corrected chi connectivity index (χ3v) is 2.77. The molecule has 66 valence electrons. The van der Waals surface area contributed by atoms with Gasteiger partial charge in [-0.05, 0) is 24.6 Å². The summed E-state index contributed by atoms with van der Waals surface area (Å²) >= 11 is 3.45. The molecule has 0 atom stereocenters. The number of rotatable bonds is 1. The first-order valence-corrected chi connectivity index (χ1v) is 5.34. The maximum absolute atomic E-state index is 4.52. The number of hydrogen-bond acceptors (Lipinski definition) is 1. The highest BCUT2D eigenvalue weighted by atomic mass is 79.9. The minimum absolute atomic E-state index is 0.872. The van der Waals surface area contributed by atoms with Crippen LogP contribution in [0.2, 0.25) is 0 Å². The van der Waals surface area contributed by atoms with E-state index in [1.54, 1.807) is 0 Å². The van der Waals surface area contributed by atoms with Gasteiger partial charge >= 0.3 is 0 Å². The fraction of sp³-hybridized carbons (Fsp3) is 0.182. The molecule has 1 aromatic carbocycles. The minimum atomic E-state index is 0.872. The van der Waals surface area contributed by atoms with Crippen LogP contribution in [-0.4, -0.2) is 4.98 Å². The van der Waals surface area contributed by atoms with Crippen molar-refractivity contribution in [3.8, 4) is 0 Å². The first-order chi connectivity index (χ1) is 6.31. The first kappa shape index (κ1) is 8.70. The number of fused-ring (bicyclic) bond motifs is 1. The molecule has 0 unspecified atom stereocenters. The Balaban J connectivity index is 2.74. The van der Waals surface area contributed by atoms with Gasteiger partial charge in [0, 0.05) is 16.4 Å². The van der Waals surface area contributed by atoms with Crippen molar-refractivity contribution >= 4 is 26.8 Å². The van der Waals surface area contributed by atoms with Crippen molar-refractivity contribution in [1.29, 1.82) is 0 Å². The zero-order chi connectivity index (χ0) is 9.26. The maximum Gasteiger partial charge on any atom is 0.0705 e. The molecule has 0 N–H and O–H groups in total. The molecule has 0 saturated carbocycles. The Morgan fingerprint density at radius 1 is 1.31 bits per heavy atom. The van der Waals surface area contributed by atoms with Crippen LogP contribution in [0.3, 0.4) is 0 Å². The molecule has 13 heavy (non-hydrogen) atoms. The standard InChI is InChI=1S/C11H10BrN/c1-8-10(7-12)6-9-4-2-3-5-11(9)13-8/h2-6H,7H2,1H3. The van der Waals surface area contributed by atoms with Crippen molar-refractivity contribution in [1.82, 2.24) is 4.98 Å². The van der Waals surface area contributed by atoms with E-state index in [2.05, 4.69) is 33.0 Å². The molecule has 0 saturated heterocycles. The smallest absolute Gasteiger partial charge is 0.0705 e. The van der Waals surface area contributed by atoms with E-state index < -0.39 is 0 Å². The van der Waals surface area contributed by atoms with E-state index in [0.717, 1.165) is 16.5 Å². The van der Waals surface area contributed by atoms with E-state index >= 15 is 0 Å². The number of hydrogen-bond donors (Lipinski definition) is 0. The van der Waals surface area contributed by atoms with Crippen molar-refractivity contribution in [2.24, 2.45) is 0 Å². The van der Waals surface area contributed by atoms with Crippen LogP contribution in [-0.2, 0) is 5.33 Å². The lowest BCUT2D eigenvalue weighted by molar-refractivity contribution is 1.19. The summed E-state index contributed by atoms with van der Waals surface area (Å²) < 4.78 is 0. The molecule has 2 heteroatoms. The van der Waals surface area contributed by atoms with Crippen LogP contribution < -0.4 is 0 Å². The number of aryl methyl sites for hydroxylation is 1. The van der Waals surface area contributed by atoms with Crippen molar-refractivity contribution in [3.05, 3.63) is 41.6 Å². The maximum atomic E-state index is 4.52. The van der Waals surface area contributed by atoms with Crippen LogP contribution in [0.1, 0.15) is 11.3 Å². The number of benzene rings is 1. The second-order valence-electron chi connectivity index (χ2n) is 3.06. The van der Waals surface area contributed by atoms with E-state index in [-0.39, 0.29) is 0 Å². The van der Waals surface area contributed by atoms with Gasteiger partial charge in [-0.1, -0.05) is 34.1 Å². The van der Waals surface area contributed by atoms with Crippen LogP contribution >= 0.6 is 15.9 Å². The van der Waals surface area contributed by atoms with Gasteiger partial charge < -0.3 is 0 Å². The topological polar surface area (TPSA) is 12.9 Å². The molecule has 0 radical (unpaired) electrons. The lowest BCUT2D eigenvalue weighted by Gasteiger charge is -2.03. The van der Waals surface area contributed by atoms with E-state index in [9.17, 15) is 0 Å². The third-order valence-electron chi connectivity index (χ3n) is 2.16. The molecule has 0 aliphatic carbocycles. The van der Waals surface area contributed by atoms with E-state index in [4.69, 9.17) is 0 Å². The van der Waals surface area contributed by atoms with Gasteiger partial charge in [-0.3, -0.25) is 4.98 Å². The SMILES string of the molecule is Cc1nc2ccccc2cc1CBr. The van der Waals surface area contributed by atoms with Gasteiger partial charge in [-0.25, -0.2) is 0 Å². The number of aromatic nitrogens is 1. The molecular weight excluding hydrogens is 226 g/mol. The second-order valence-corrected chi connectivity index (χ2v) is 3.62. The zero-order valence-corrected chi connectivity index (χ0v) is 9.01. The van der Waals surface area contributed by atoms with Crippen LogP contribution in [0.4, 0.5) is 0 Å².